The maximum atomic E-state index is 5.92. The zero-order chi connectivity index (χ0) is 14.7. The van der Waals surface area contributed by atoms with Gasteiger partial charge in [-0.1, -0.05) is 24.3 Å². The molecule has 2 N–H and O–H groups in total. The number of para-hydroxylation sites is 1. The molecule has 0 saturated carbocycles. The van der Waals surface area contributed by atoms with Crippen LogP contribution in [0.5, 0.6) is 0 Å². The average molecular weight is 297 g/mol. The predicted molar refractivity (Wildman–Crippen MR) is 90.7 cm³/mol. The first kappa shape index (κ1) is 14.0. The summed E-state index contributed by atoms with van der Waals surface area (Å²) in [5, 5.41) is 3.26. The van der Waals surface area contributed by atoms with E-state index in [0.717, 1.165) is 35.4 Å². The van der Waals surface area contributed by atoms with E-state index in [4.69, 9.17) is 10.7 Å². The number of pyridine rings is 1. The van der Waals surface area contributed by atoms with Crippen LogP contribution in [0.1, 0.15) is 17.4 Å². The number of nitrogens with two attached hydrogens (primary N) is 1. The van der Waals surface area contributed by atoms with Gasteiger partial charge in [0.05, 0.1) is 12.1 Å². The van der Waals surface area contributed by atoms with Gasteiger partial charge in [0.15, 0.2) is 0 Å². The van der Waals surface area contributed by atoms with Crippen LogP contribution in [0.25, 0.3) is 10.9 Å². The molecule has 21 heavy (non-hydrogen) atoms. The molecule has 0 saturated heterocycles. The van der Waals surface area contributed by atoms with Gasteiger partial charge in [0.25, 0.3) is 0 Å². The summed E-state index contributed by atoms with van der Waals surface area (Å²) in [7, 11) is 0. The van der Waals surface area contributed by atoms with E-state index < -0.39 is 0 Å². The predicted octanol–water partition coefficient (Wildman–Crippen LogP) is 3.78. The molecule has 0 bridgehead atoms. The normalized spacial score (nSPS) is 11.0. The quantitative estimate of drug-likeness (QED) is 0.779. The lowest BCUT2D eigenvalue weighted by Crippen LogP contribution is -2.23. The first-order valence-corrected chi connectivity index (χ1v) is 8.06. The first-order valence-electron chi connectivity index (χ1n) is 7.18. The lowest BCUT2D eigenvalue weighted by molar-refractivity contribution is 0.824. The van der Waals surface area contributed by atoms with Crippen molar-refractivity contribution in [2.24, 2.45) is 5.73 Å². The van der Waals surface area contributed by atoms with Crippen LogP contribution in [0.2, 0.25) is 0 Å². The van der Waals surface area contributed by atoms with Gasteiger partial charge in [0, 0.05) is 23.4 Å². The molecule has 3 nitrogen and oxygen atoms in total. The van der Waals surface area contributed by atoms with Crippen molar-refractivity contribution in [1.29, 1.82) is 0 Å². The fraction of sp³-hybridized carbons (Fsp3) is 0.235. The van der Waals surface area contributed by atoms with Crippen LogP contribution in [-0.4, -0.2) is 11.5 Å². The summed E-state index contributed by atoms with van der Waals surface area (Å²) in [5.74, 6) is 1.00. The third-order valence-electron chi connectivity index (χ3n) is 3.64. The second kappa shape index (κ2) is 6.24. The highest BCUT2D eigenvalue weighted by Crippen LogP contribution is 2.24. The molecule has 3 aromatic rings. The molecular weight excluding hydrogens is 278 g/mol. The Labute approximate surface area is 129 Å². The molecular formula is C17H19N3S. The van der Waals surface area contributed by atoms with Crippen LogP contribution < -0.4 is 10.6 Å². The van der Waals surface area contributed by atoms with Crippen molar-refractivity contribution in [2.45, 2.75) is 20.0 Å². The average Bonchev–Trinajstić information content (AvgIpc) is 3.04. The standard InChI is InChI=1S/C17H19N3S/c1-2-20(12-14-6-5-9-21-14)17-10-13(11-18)15-7-3-4-8-16(15)19-17/h3-10H,2,11-12,18H2,1H3. The van der Waals surface area contributed by atoms with Gasteiger partial charge in [-0.15, -0.1) is 11.3 Å². The molecule has 4 heteroatoms. The number of nitrogens with zero attached hydrogens (tertiary/aromatic N) is 2. The molecule has 0 fully saturated rings. The van der Waals surface area contributed by atoms with Crippen molar-refractivity contribution < 1.29 is 0 Å². The van der Waals surface area contributed by atoms with Gasteiger partial charge in [0.2, 0.25) is 0 Å². The topological polar surface area (TPSA) is 42.1 Å². The second-order valence-electron chi connectivity index (χ2n) is 4.95. The van der Waals surface area contributed by atoms with Crippen LogP contribution >= 0.6 is 11.3 Å². The van der Waals surface area contributed by atoms with Gasteiger partial charge in [0.1, 0.15) is 5.82 Å². The molecule has 0 aliphatic rings. The number of anilines is 1. The van der Waals surface area contributed by atoms with Crippen LogP contribution in [-0.2, 0) is 13.1 Å². The number of aromatic nitrogens is 1. The molecule has 0 aliphatic carbocycles. The Balaban J connectivity index is 2.01. The summed E-state index contributed by atoms with van der Waals surface area (Å²) in [6, 6.07) is 14.6. The Morgan fingerprint density at radius 1 is 1.19 bits per heavy atom. The number of fused-ring (bicyclic) bond motifs is 1. The Morgan fingerprint density at radius 2 is 2.05 bits per heavy atom. The summed E-state index contributed by atoms with van der Waals surface area (Å²) < 4.78 is 0. The summed E-state index contributed by atoms with van der Waals surface area (Å²) >= 11 is 1.78. The van der Waals surface area contributed by atoms with Crippen LogP contribution in [0.3, 0.4) is 0 Å². The van der Waals surface area contributed by atoms with E-state index in [1.807, 2.05) is 12.1 Å². The van der Waals surface area contributed by atoms with Gasteiger partial charge < -0.3 is 10.6 Å². The largest absolute Gasteiger partial charge is 0.352 e. The molecule has 0 atom stereocenters. The summed E-state index contributed by atoms with van der Waals surface area (Å²) in [6.07, 6.45) is 0. The molecule has 0 unspecified atom stereocenters. The van der Waals surface area contributed by atoms with Crippen molar-refractivity contribution in [3.8, 4) is 0 Å². The van der Waals surface area contributed by atoms with Gasteiger partial charge >= 0.3 is 0 Å². The monoisotopic (exact) mass is 297 g/mol. The van der Waals surface area contributed by atoms with Gasteiger partial charge in [-0.05, 0) is 36.1 Å². The van der Waals surface area contributed by atoms with E-state index in [1.165, 1.54) is 4.88 Å². The highest BCUT2D eigenvalue weighted by atomic mass is 32.1. The molecule has 0 amide bonds. The SMILES string of the molecule is CCN(Cc1cccs1)c1cc(CN)c2ccccc2n1. The van der Waals surface area contributed by atoms with Gasteiger partial charge in [-0.25, -0.2) is 4.98 Å². The molecule has 2 aromatic heterocycles. The first-order chi connectivity index (χ1) is 10.3. The zero-order valence-corrected chi connectivity index (χ0v) is 12.9. The summed E-state index contributed by atoms with van der Waals surface area (Å²) in [6.45, 7) is 4.51. The van der Waals surface area contributed by atoms with Crippen LogP contribution in [0.15, 0.2) is 47.8 Å². The van der Waals surface area contributed by atoms with Gasteiger partial charge in [-0.3, -0.25) is 0 Å². The smallest absolute Gasteiger partial charge is 0.129 e. The lowest BCUT2D eigenvalue weighted by Gasteiger charge is -2.22. The third kappa shape index (κ3) is 2.91. The Bertz CT molecular complexity index is 722. The fourth-order valence-electron chi connectivity index (χ4n) is 2.51. The Hall–Kier alpha value is -1.91. The fourth-order valence-corrected chi connectivity index (χ4v) is 3.23. The maximum Gasteiger partial charge on any atom is 0.129 e. The Kier molecular flexibility index (Phi) is 4.18. The van der Waals surface area contributed by atoms with Crippen molar-refractivity contribution in [3.63, 3.8) is 0 Å². The number of rotatable bonds is 5. The summed E-state index contributed by atoms with van der Waals surface area (Å²) in [5.41, 5.74) is 8.09. The minimum Gasteiger partial charge on any atom is -0.352 e. The highest BCUT2D eigenvalue weighted by molar-refractivity contribution is 7.09. The van der Waals surface area contributed by atoms with Crippen molar-refractivity contribution >= 4 is 28.1 Å². The van der Waals surface area contributed by atoms with Gasteiger partial charge in [-0.2, -0.15) is 0 Å². The lowest BCUT2D eigenvalue weighted by atomic mass is 10.1. The van der Waals surface area contributed by atoms with E-state index in [0.29, 0.717) is 6.54 Å². The van der Waals surface area contributed by atoms with E-state index in [2.05, 4.69) is 47.5 Å². The maximum absolute atomic E-state index is 5.92. The minimum atomic E-state index is 0.534. The van der Waals surface area contributed by atoms with E-state index in [-0.39, 0.29) is 0 Å². The molecule has 0 radical (unpaired) electrons. The van der Waals surface area contributed by atoms with Crippen LogP contribution in [0.4, 0.5) is 5.82 Å². The number of thiophene rings is 1. The third-order valence-corrected chi connectivity index (χ3v) is 4.50. The Morgan fingerprint density at radius 3 is 2.76 bits per heavy atom. The number of hydrogen-bond acceptors (Lipinski definition) is 4. The van der Waals surface area contributed by atoms with Crippen molar-refractivity contribution in [2.75, 3.05) is 11.4 Å². The molecule has 3 rings (SSSR count). The molecule has 2 heterocycles. The molecule has 0 spiro atoms. The van der Waals surface area contributed by atoms with Crippen LogP contribution in [0, 0.1) is 0 Å². The molecule has 0 aliphatic heterocycles. The van der Waals surface area contributed by atoms with Crippen molar-refractivity contribution in [1.82, 2.24) is 4.98 Å². The van der Waals surface area contributed by atoms with E-state index >= 15 is 0 Å². The summed E-state index contributed by atoms with van der Waals surface area (Å²) in [4.78, 5) is 8.45. The van der Waals surface area contributed by atoms with E-state index in [9.17, 15) is 0 Å². The highest BCUT2D eigenvalue weighted by Gasteiger charge is 2.11. The second-order valence-corrected chi connectivity index (χ2v) is 5.99. The number of hydrogen-bond donors (Lipinski definition) is 1. The van der Waals surface area contributed by atoms with E-state index in [1.54, 1.807) is 11.3 Å². The molecule has 108 valence electrons. The zero-order valence-electron chi connectivity index (χ0n) is 12.1. The van der Waals surface area contributed by atoms with Crippen molar-refractivity contribution in [3.05, 3.63) is 58.3 Å². The molecule has 1 aromatic carbocycles. The number of benzene rings is 1. The minimum absolute atomic E-state index is 0.534.